The highest BCUT2D eigenvalue weighted by Crippen LogP contribution is 2.29. The molecule has 0 aromatic carbocycles. The van der Waals surface area contributed by atoms with Crippen molar-refractivity contribution in [2.24, 2.45) is 0 Å². The Morgan fingerprint density at radius 2 is 2.29 bits per heavy atom. The second kappa shape index (κ2) is 6.64. The fourth-order valence-corrected chi connectivity index (χ4v) is 4.04. The van der Waals surface area contributed by atoms with Crippen LogP contribution < -0.4 is 10.6 Å². The van der Waals surface area contributed by atoms with Crippen LogP contribution in [-0.2, 0) is 4.79 Å². The number of carbonyl (C=O) groups is 1. The second-order valence-corrected chi connectivity index (χ2v) is 6.73. The summed E-state index contributed by atoms with van der Waals surface area (Å²) in [7, 11) is 0. The number of amides is 1. The van der Waals surface area contributed by atoms with E-state index < -0.39 is 0 Å². The Bertz CT molecular complexity index is 254. The SMILES string of the molecule is CCSC1CCC(NC(=O)CC2CCCN2)C1. The van der Waals surface area contributed by atoms with Crippen LogP contribution in [0.5, 0.6) is 0 Å². The molecule has 1 heterocycles. The van der Waals surface area contributed by atoms with E-state index in [1.54, 1.807) is 0 Å². The summed E-state index contributed by atoms with van der Waals surface area (Å²) in [4.78, 5) is 11.9. The van der Waals surface area contributed by atoms with Gasteiger partial charge in [-0.2, -0.15) is 11.8 Å². The number of hydrogen-bond acceptors (Lipinski definition) is 3. The molecule has 0 bridgehead atoms. The third-order valence-electron chi connectivity index (χ3n) is 3.75. The predicted molar refractivity (Wildman–Crippen MR) is 73.3 cm³/mol. The molecule has 98 valence electrons. The lowest BCUT2D eigenvalue weighted by atomic mass is 10.1. The third-order valence-corrected chi connectivity index (χ3v) is 4.98. The Hall–Kier alpha value is -0.220. The highest BCUT2D eigenvalue weighted by Gasteiger charge is 2.26. The van der Waals surface area contributed by atoms with Crippen LogP contribution in [-0.4, -0.2) is 35.5 Å². The van der Waals surface area contributed by atoms with E-state index in [9.17, 15) is 4.79 Å². The van der Waals surface area contributed by atoms with Crippen molar-refractivity contribution in [1.82, 2.24) is 10.6 Å². The zero-order valence-electron chi connectivity index (χ0n) is 10.7. The number of rotatable bonds is 5. The van der Waals surface area contributed by atoms with Gasteiger partial charge in [0.15, 0.2) is 0 Å². The maximum Gasteiger partial charge on any atom is 0.221 e. The van der Waals surface area contributed by atoms with E-state index in [0.29, 0.717) is 18.5 Å². The fraction of sp³-hybridized carbons (Fsp3) is 0.923. The Kier molecular flexibility index (Phi) is 5.16. The molecular formula is C13H24N2OS. The summed E-state index contributed by atoms with van der Waals surface area (Å²) in [5.74, 6) is 1.44. The summed E-state index contributed by atoms with van der Waals surface area (Å²) in [5.41, 5.74) is 0. The van der Waals surface area contributed by atoms with Gasteiger partial charge in [-0.05, 0) is 44.4 Å². The molecule has 1 aliphatic heterocycles. The standard InChI is InChI=1S/C13H24N2OS/c1-2-17-12-6-5-11(8-12)15-13(16)9-10-4-3-7-14-10/h10-12,14H,2-9H2,1H3,(H,15,16). The van der Waals surface area contributed by atoms with Gasteiger partial charge in [0.25, 0.3) is 0 Å². The smallest absolute Gasteiger partial charge is 0.221 e. The molecule has 0 aromatic heterocycles. The molecule has 17 heavy (non-hydrogen) atoms. The molecule has 2 rings (SSSR count). The average Bonchev–Trinajstić information content (AvgIpc) is 2.91. The van der Waals surface area contributed by atoms with Crippen molar-refractivity contribution in [2.45, 2.75) is 62.8 Å². The molecule has 1 saturated carbocycles. The quantitative estimate of drug-likeness (QED) is 0.789. The van der Waals surface area contributed by atoms with Crippen LogP contribution in [0.3, 0.4) is 0 Å². The van der Waals surface area contributed by atoms with Crippen LogP contribution >= 0.6 is 11.8 Å². The van der Waals surface area contributed by atoms with E-state index in [2.05, 4.69) is 17.6 Å². The van der Waals surface area contributed by atoms with Gasteiger partial charge in [0.05, 0.1) is 0 Å². The van der Waals surface area contributed by atoms with Gasteiger partial charge < -0.3 is 10.6 Å². The third kappa shape index (κ3) is 4.18. The van der Waals surface area contributed by atoms with Crippen molar-refractivity contribution >= 4 is 17.7 Å². The number of carbonyl (C=O) groups excluding carboxylic acids is 1. The lowest BCUT2D eigenvalue weighted by molar-refractivity contribution is -0.122. The molecule has 4 heteroatoms. The zero-order valence-corrected chi connectivity index (χ0v) is 11.5. The van der Waals surface area contributed by atoms with E-state index in [4.69, 9.17) is 0 Å². The molecule has 1 aliphatic carbocycles. The van der Waals surface area contributed by atoms with E-state index in [-0.39, 0.29) is 5.91 Å². The molecule has 2 N–H and O–H groups in total. The summed E-state index contributed by atoms with van der Waals surface area (Å²) < 4.78 is 0. The fourth-order valence-electron chi connectivity index (χ4n) is 2.90. The highest BCUT2D eigenvalue weighted by atomic mass is 32.2. The molecule has 1 amide bonds. The Morgan fingerprint density at radius 1 is 1.41 bits per heavy atom. The number of hydrogen-bond donors (Lipinski definition) is 2. The minimum absolute atomic E-state index is 0.247. The number of nitrogens with one attached hydrogen (secondary N) is 2. The Labute approximate surface area is 108 Å². The molecular weight excluding hydrogens is 232 g/mol. The van der Waals surface area contributed by atoms with Gasteiger partial charge in [0.2, 0.25) is 5.91 Å². The lowest BCUT2D eigenvalue weighted by Crippen LogP contribution is -2.37. The molecule has 3 atom stereocenters. The first kappa shape index (κ1) is 13.2. The minimum atomic E-state index is 0.247. The van der Waals surface area contributed by atoms with Crippen LogP contribution in [0.1, 0.15) is 45.4 Å². The zero-order chi connectivity index (χ0) is 12.1. The molecule has 3 unspecified atom stereocenters. The molecule has 0 spiro atoms. The first-order valence-corrected chi connectivity index (χ1v) is 7.97. The minimum Gasteiger partial charge on any atom is -0.353 e. The number of thioether (sulfide) groups is 1. The van der Waals surface area contributed by atoms with E-state index in [1.807, 2.05) is 11.8 Å². The van der Waals surface area contributed by atoms with Crippen molar-refractivity contribution in [3.8, 4) is 0 Å². The van der Waals surface area contributed by atoms with Gasteiger partial charge in [0, 0.05) is 23.8 Å². The maximum absolute atomic E-state index is 11.9. The van der Waals surface area contributed by atoms with Gasteiger partial charge in [-0.15, -0.1) is 0 Å². The molecule has 2 fully saturated rings. The van der Waals surface area contributed by atoms with Gasteiger partial charge >= 0.3 is 0 Å². The Morgan fingerprint density at radius 3 is 3.00 bits per heavy atom. The summed E-state index contributed by atoms with van der Waals surface area (Å²) in [6, 6.07) is 0.866. The van der Waals surface area contributed by atoms with E-state index in [1.165, 1.54) is 31.4 Å². The van der Waals surface area contributed by atoms with Gasteiger partial charge in [-0.3, -0.25) is 4.79 Å². The molecule has 2 aliphatic rings. The maximum atomic E-state index is 11.9. The largest absolute Gasteiger partial charge is 0.353 e. The van der Waals surface area contributed by atoms with E-state index in [0.717, 1.165) is 18.2 Å². The second-order valence-electron chi connectivity index (χ2n) is 5.15. The Balaban J connectivity index is 1.65. The van der Waals surface area contributed by atoms with Crippen molar-refractivity contribution in [2.75, 3.05) is 12.3 Å². The van der Waals surface area contributed by atoms with E-state index >= 15 is 0 Å². The monoisotopic (exact) mass is 256 g/mol. The molecule has 0 radical (unpaired) electrons. The average molecular weight is 256 g/mol. The van der Waals surface area contributed by atoms with Gasteiger partial charge in [-0.25, -0.2) is 0 Å². The normalized spacial score (nSPS) is 32.9. The van der Waals surface area contributed by atoms with Crippen molar-refractivity contribution < 1.29 is 4.79 Å². The van der Waals surface area contributed by atoms with Crippen LogP contribution in [0.2, 0.25) is 0 Å². The highest BCUT2D eigenvalue weighted by molar-refractivity contribution is 7.99. The van der Waals surface area contributed by atoms with Gasteiger partial charge in [-0.1, -0.05) is 6.92 Å². The predicted octanol–water partition coefficient (Wildman–Crippen LogP) is 1.92. The van der Waals surface area contributed by atoms with Crippen molar-refractivity contribution in [3.63, 3.8) is 0 Å². The topological polar surface area (TPSA) is 41.1 Å². The van der Waals surface area contributed by atoms with Gasteiger partial charge in [0.1, 0.15) is 0 Å². The summed E-state index contributed by atoms with van der Waals surface area (Å²) >= 11 is 2.04. The van der Waals surface area contributed by atoms with Crippen LogP contribution in [0.25, 0.3) is 0 Å². The lowest BCUT2D eigenvalue weighted by Gasteiger charge is -2.15. The molecule has 3 nitrogen and oxygen atoms in total. The molecule has 1 saturated heterocycles. The summed E-state index contributed by atoms with van der Waals surface area (Å²) in [6.07, 6.45) is 6.65. The van der Waals surface area contributed by atoms with Crippen LogP contribution in [0, 0.1) is 0 Å². The first-order valence-electron chi connectivity index (χ1n) is 6.92. The van der Waals surface area contributed by atoms with Crippen molar-refractivity contribution in [1.29, 1.82) is 0 Å². The first-order chi connectivity index (χ1) is 8.28. The summed E-state index contributed by atoms with van der Waals surface area (Å²) in [5, 5.41) is 7.35. The van der Waals surface area contributed by atoms with Crippen molar-refractivity contribution in [3.05, 3.63) is 0 Å². The molecule has 0 aromatic rings. The summed E-state index contributed by atoms with van der Waals surface area (Å²) in [6.45, 7) is 3.29. The van der Waals surface area contributed by atoms with Crippen LogP contribution in [0.4, 0.5) is 0 Å². The van der Waals surface area contributed by atoms with Crippen LogP contribution in [0.15, 0.2) is 0 Å².